The average Bonchev–Trinajstić information content (AvgIpc) is 3.20. The number of carbonyl (C=O) groups is 2. The number of ether oxygens (including phenoxy) is 2. The van der Waals surface area contributed by atoms with Crippen molar-refractivity contribution in [3.8, 4) is 0 Å². The number of aryl methyl sites for hydroxylation is 1. The summed E-state index contributed by atoms with van der Waals surface area (Å²) in [6.45, 7) is 4.32. The fourth-order valence-corrected chi connectivity index (χ4v) is 3.80. The third-order valence-corrected chi connectivity index (χ3v) is 5.37. The maximum Gasteiger partial charge on any atom is 0.240 e. The predicted molar refractivity (Wildman–Crippen MR) is 94.1 cm³/mol. The number of aromatic nitrogens is 1. The van der Waals surface area contributed by atoms with E-state index in [0.717, 1.165) is 33.8 Å². The lowest BCUT2D eigenvalue weighted by Crippen LogP contribution is -2.41. The van der Waals surface area contributed by atoms with Crippen molar-refractivity contribution in [3.05, 3.63) is 46.0 Å². The van der Waals surface area contributed by atoms with Gasteiger partial charge in [-0.1, -0.05) is 6.08 Å². The van der Waals surface area contributed by atoms with E-state index in [1.54, 1.807) is 0 Å². The van der Waals surface area contributed by atoms with Crippen molar-refractivity contribution in [2.75, 3.05) is 13.3 Å². The second kappa shape index (κ2) is 6.64. The number of H-pyrrole nitrogens is 1. The highest BCUT2D eigenvalue weighted by atomic mass is 16.7. The molecule has 2 unspecified atom stereocenters. The molecular formula is C19H23N3O4. The van der Waals surface area contributed by atoms with E-state index in [-0.39, 0.29) is 37.3 Å². The van der Waals surface area contributed by atoms with Gasteiger partial charge in [0.15, 0.2) is 6.79 Å². The van der Waals surface area contributed by atoms with Gasteiger partial charge in [-0.15, -0.1) is 0 Å². The summed E-state index contributed by atoms with van der Waals surface area (Å²) in [7, 11) is 0. The highest BCUT2D eigenvalue weighted by molar-refractivity contribution is 5.85. The smallest absolute Gasteiger partial charge is 0.240 e. The molecule has 4 rings (SSSR count). The number of nitrogens with one attached hydrogen (secondary N) is 3. The number of amides is 2. The lowest BCUT2D eigenvalue weighted by atomic mass is 9.90. The molecule has 2 aliphatic heterocycles. The molecule has 0 aromatic carbocycles. The molecule has 0 spiro atoms. The van der Waals surface area contributed by atoms with Gasteiger partial charge in [0.1, 0.15) is 11.9 Å². The topological polar surface area (TPSA) is 92.5 Å². The van der Waals surface area contributed by atoms with Gasteiger partial charge in [0.2, 0.25) is 11.8 Å². The van der Waals surface area contributed by atoms with E-state index in [1.807, 2.05) is 26.0 Å². The normalized spacial score (nSPS) is 25.9. The molecule has 1 aliphatic carbocycles. The number of allylic oxidation sites excluding steroid dienone is 2. The minimum absolute atomic E-state index is 0.0131. The molecule has 1 aromatic rings. The predicted octanol–water partition coefficient (Wildman–Crippen LogP) is 1.44. The van der Waals surface area contributed by atoms with Crippen LogP contribution in [0.2, 0.25) is 0 Å². The summed E-state index contributed by atoms with van der Waals surface area (Å²) in [6.07, 6.45) is 5.51. The van der Waals surface area contributed by atoms with Crippen LogP contribution in [0.1, 0.15) is 41.4 Å². The zero-order chi connectivity index (χ0) is 18.3. The Labute approximate surface area is 151 Å². The summed E-state index contributed by atoms with van der Waals surface area (Å²) in [5, 5.41) is 5.76. The molecule has 3 aliphatic rings. The molecule has 1 saturated heterocycles. The molecule has 1 aromatic heterocycles. The van der Waals surface area contributed by atoms with E-state index in [1.165, 1.54) is 0 Å². The molecule has 2 atom stereocenters. The van der Waals surface area contributed by atoms with Gasteiger partial charge >= 0.3 is 0 Å². The molecule has 3 N–H and O–H groups in total. The SMILES string of the molecule is Cc1[nH]c2c(c1C)CCC(=O)NCC(=O)NC2C1=CC=C2OCOC2C1. The van der Waals surface area contributed by atoms with E-state index in [2.05, 4.69) is 15.6 Å². The van der Waals surface area contributed by atoms with Crippen LogP contribution >= 0.6 is 0 Å². The van der Waals surface area contributed by atoms with Gasteiger partial charge in [0, 0.05) is 24.2 Å². The lowest BCUT2D eigenvalue weighted by molar-refractivity contribution is -0.126. The van der Waals surface area contributed by atoms with Gasteiger partial charge in [0.25, 0.3) is 0 Å². The molecule has 26 heavy (non-hydrogen) atoms. The molecule has 2 amide bonds. The van der Waals surface area contributed by atoms with E-state index in [0.29, 0.717) is 19.3 Å². The Kier molecular flexibility index (Phi) is 4.32. The summed E-state index contributed by atoms with van der Waals surface area (Å²) in [5.74, 6) is 0.524. The monoisotopic (exact) mass is 357 g/mol. The minimum Gasteiger partial charge on any atom is -0.469 e. The summed E-state index contributed by atoms with van der Waals surface area (Å²) in [5.41, 5.74) is 5.32. The first-order valence-corrected chi connectivity index (χ1v) is 8.92. The number of fused-ring (bicyclic) bond motifs is 2. The third-order valence-electron chi connectivity index (χ3n) is 5.37. The van der Waals surface area contributed by atoms with E-state index in [9.17, 15) is 9.59 Å². The van der Waals surface area contributed by atoms with Crippen LogP contribution in [0.5, 0.6) is 0 Å². The third kappa shape index (κ3) is 3.03. The molecule has 0 bridgehead atoms. The van der Waals surface area contributed by atoms with Crippen LogP contribution in [0.25, 0.3) is 0 Å². The molecule has 7 nitrogen and oxygen atoms in total. The fraction of sp³-hybridized carbons (Fsp3) is 0.474. The number of carbonyl (C=O) groups excluding carboxylic acids is 2. The Bertz CT molecular complexity index is 821. The molecule has 1 fully saturated rings. The second-order valence-electron chi connectivity index (χ2n) is 6.98. The number of aromatic amines is 1. The van der Waals surface area contributed by atoms with Gasteiger partial charge in [0.05, 0.1) is 12.6 Å². The quantitative estimate of drug-likeness (QED) is 0.709. The first-order valence-electron chi connectivity index (χ1n) is 8.92. The van der Waals surface area contributed by atoms with Crippen molar-refractivity contribution in [1.82, 2.24) is 15.6 Å². The number of hydrogen-bond donors (Lipinski definition) is 3. The van der Waals surface area contributed by atoms with Gasteiger partial charge < -0.3 is 25.1 Å². The Morgan fingerprint density at radius 2 is 1.96 bits per heavy atom. The van der Waals surface area contributed by atoms with Crippen molar-refractivity contribution in [3.63, 3.8) is 0 Å². The highest BCUT2D eigenvalue weighted by Crippen LogP contribution is 2.36. The standard InChI is InChI=1S/C19H23N3O4/c1-10-11(2)21-19-13(10)4-6-16(23)20-8-17(24)22-18(19)12-3-5-14-15(7-12)26-9-25-14/h3,5,15,18,21H,4,6-9H2,1-2H3,(H,20,23)(H,22,24). The summed E-state index contributed by atoms with van der Waals surface area (Å²) in [4.78, 5) is 27.8. The van der Waals surface area contributed by atoms with Gasteiger partial charge in [-0.25, -0.2) is 0 Å². The number of rotatable bonds is 1. The van der Waals surface area contributed by atoms with E-state index < -0.39 is 0 Å². The van der Waals surface area contributed by atoms with Crippen molar-refractivity contribution in [1.29, 1.82) is 0 Å². The molecule has 7 heteroatoms. The van der Waals surface area contributed by atoms with Crippen molar-refractivity contribution < 1.29 is 19.1 Å². The van der Waals surface area contributed by atoms with Crippen molar-refractivity contribution in [2.24, 2.45) is 0 Å². The maximum absolute atomic E-state index is 12.4. The van der Waals surface area contributed by atoms with Crippen LogP contribution in [0.15, 0.2) is 23.5 Å². The van der Waals surface area contributed by atoms with Crippen LogP contribution in [0, 0.1) is 13.8 Å². The minimum atomic E-state index is -0.276. The van der Waals surface area contributed by atoms with E-state index in [4.69, 9.17) is 9.47 Å². The summed E-state index contributed by atoms with van der Waals surface area (Å²) in [6, 6.07) is -0.276. The molecule has 0 radical (unpaired) electrons. The summed E-state index contributed by atoms with van der Waals surface area (Å²) < 4.78 is 11.1. The summed E-state index contributed by atoms with van der Waals surface area (Å²) >= 11 is 0. The van der Waals surface area contributed by atoms with Crippen LogP contribution in [0.4, 0.5) is 0 Å². The average molecular weight is 357 g/mol. The van der Waals surface area contributed by atoms with Gasteiger partial charge in [-0.05, 0) is 43.0 Å². The molecular weight excluding hydrogens is 334 g/mol. The zero-order valence-corrected chi connectivity index (χ0v) is 15.0. The first-order chi connectivity index (χ1) is 12.5. The van der Waals surface area contributed by atoms with Crippen molar-refractivity contribution in [2.45, 2.75) is 45.3 Å². The molecule has 3 heterocycles. The Morgan fingerprint density at radius 3 is 2.81 bits per heavy atom. The lowest BCUT2D eigenvalue weighted by Gasteiger charge is -2.27. The zero-order valence-electron chi connectivity index (χ0n) is 15.0. The Morgan fingerprint density at radius 1 is 1.12 bits per heavy atom. The molecule has 0 saturated carbocycles. The largest absolute Gasteiger partial charge is 0.469 e. The number of hydrogen-bond acceptors (Lipinski definition) is 4. The first kappa shape index (κ1) is 16.9. The highest BCUT2D eigenvalue weighted by Gasteiger charge is 2.33. The van der Waals surface area contributed by atoms with Crippen molar-refractivity contribution >= 4 is 11.8 Å². The maximum atomic E-state index is 12.4. The Hall–Kier alpha value is -2.54. The van der Waals surface area contributed by atoms with E-state index >= 15 is 0 Å². The van der Waals surface area contributed by atoms with Crippen LogP contribution in [-0.2, 0) is 25.5 Å². The Balaban J connectivity index is 1.74. The fourth-order valence-electron chi connectivity index (χ4n) is 3.80. The van der Waals surface area contributed by atoms with Gasteiger partial charge in [-0.2, -0.15) is 0 Å². The molecule has 138 valence electrons. The van der Waals surface area contributed by atoms with Crippen LogP contribution in [0.3, 0.4) is 0 Å². The van der Waals surface area contributed by atoms with Crippen LogP contribution in [-0.4, -0.2) is 36.2 Å². The second-order valence-corrected chi connectivity index (χ2v) is 6.98. The van der Waals surface area contributed by atoms with Gasteiger partial charge in [-0.3, -0.25) is 9.59 Å². The van der Waals surface area contributed by atoms with Crippen LogP contribution < -0.4 is 10.6 Å².